The fourth-order valence-corrected chi connectivity index (χ4v) is 1.70. The van der Waals surface area contributed by atoms with Crippen LogP contribution in [0.1, 0.15) is 12.6 Å². The molecule has 0 bridgehead atoms. The summed E-state index contributed by atoms with van der Waals surface area (Å²) in [4.78, 5) is 0. The molecule has 5 heteroatoms. The SMILES string of the molecule is CCc1nn(C)c(Nc2ccccc2F)c1N. The van der Waals surface area contributed by atoms with Gasteiger partial charge in [0.1, 0.15) is 5.82 Å². The van der Waals surface area contributed by atoms with Crippen molar-refractivity contribution in [2.45, 2.75) is 13.3 Å². The molecule has 2 aromatic rings. The summed E-state index contributed by atoms with van der Waals surface area (Å²) in [6.07, 6.45) is 0.749. The normalized spacial score (nSPS) is 10.5. The molecule has 0 aliphatic carbocycles. The number of rotatable bonds is 3. The molecule has 0 amide bonds. The van der Waals surface area contributed by atoms with E-state index in [1.807, 2.05) is 6.92 Å². The van der Waals surface area contributed by atoms with E-state index in [9.17, 15) is 4.39 Å². The zero-order valence-electron chi connectivity index (χ0n) is 9.87. The third kappa shape index (κ3) is 2.08. The molecule has 0 atom stereocenters. The molecule has 0 fully saturated rings. The van der Waals surface area contributed by atoms with E-state index in [2.05, 4.69) is 10.4 Å². The van der Waals surface area contributed by atoms with Gasteiger partial charge < -0.3 is 11.1 Å². The van der Waals surface area contributed by atoms with Gasteiger partial charge in [0.05, 0.1) is 17.1 Å². The Bertz CT molecular complexity index is 533. The molecule has 17 heavy (non-hydrogen) atoms. The Hall–Kier alpha value is -2.04. The third-order valence-electron chi connectivity index (χ3n) is 2.62. The summed E-state index contributed by atoms with van der Waals surface area (Å²) >= 11 is 0. The van der Waals surface area contributed by atoms with Gasteiger partial charge >= 0.3 is 0 Å². The molecule has 0 aliphatic heterocycles. The smallest absolute Gasteiger partial charge is 0.152 e. The zero-order chi connectivity index (χ0) is 12.4. The lowest BCUT2D eigenvalue weighted by atomic mass is 10.2. The minimum atomic E-state index is -0.314. The van der Waals surface area contributed by atoms with Crippen LogP contribution in [0.2, 0.25) is 0 Å². The van der Waals surface area contributed by atoms with E-state index in [0.717, 1.165) is 12.1 Å². The zero-order valence-corrected chi connectivity index (χ0v) is 9.87. The van der Waals surface area contributed by atoms with Crippen molar-refractivity contribution < 1.29 is 4.39 Å². The van der Waals surface area contributed by atoms with Gasteiger partial charge in [-0.05, 0) is 18.6 Å². The molecule has 0 spiro atoms. The van der Waals surface area contributed by atoms with Crippen LogP contribution in [0.4, 0.5) is 21.6 Å². The van der Waals surface area contributed by atoms with E-state index in [1.165, 1.54) is 6.07 Å². The van der Waals surface area contributed by atoms with Crippen molar-refractivity contribution in [3.63, 3.8) is 0 Å². The van der Waals surface area contributed by atoms with Crippen molar-refractivity contribution in [2.24, 2.45) is 7.05 Å². The van der Waals surface area contributed by atoms with E-state index in [0.29, 0.717) is 17.2 Å². The van der Waals surface area contributed by atoms with Crippen molar-refractivity contribution in [1.29, 1.82) is 0 Å². The Morgan fingerprint density at radius 2 is 2.12 bits per heavy atom. The quantitative estimate of drug-likeness (QED) is 0.857. The first-order valence-corrected chi connectivity index (χ1v) is 5.46. The molecule has 2 rings (SSSR count). The Labute approximate surface area is 99.2 Å². The van der Waals surface area contributed by atoms with Gasteiger partial charge in [-0.25, -0.2) is 4.39 Å². The fraction of sp³-hybridized carbons (Fsp3) is 0.250. The lowest BCUT2D eigenvalue weighted by Gasteiger charge is -2.08. The number of aryl methyl sites for hydroxylation is 2. The molecular weight excluding hydrogens is 219 g/mol. The number of nitrogens with zero attached hydrogens (tertiary/aromatic N) is 2. The molecule has 4 nitrogen and oxygen atoms in total. The second-order valence-electron chi connectivity index (χ2n) is 3.79. The highest BCUT2D eigenvalue weighted by atomic mass is 19.1. The number of hydrogen-bond acceptors (Lipinski definition) is 3. The topological polar surface area (TPSA) is 55.9 Å². The fourth-order valence-electron chi connectivity index (χ4n) is 1.70. The van der Waals surface area contributed by atoms with Gasteiger partial charge in [0.2, 0.25) is 0 Å². The number of benzene rings is 1. The Balaban J connectivity index is 2.37. The van der Waals surface area contributed by atoms with Gasteiger partial charge in [0.25, 0.3) is 0 Å². The van der Waals surface area contributed by atoms with Gasteiger partial charge in [0, 0.05) is 7.05 Å². The standard InChI is InChI=1S/C12H15FN4/c1-3-9-11(14)12(17(2)16-9)15-10-7-5-4-6-8(10)13/h4-7,15H,3,14H2,1-2H3. The van der Waals surface area contributed by atoms with E-state index in [4.69, 9.17) is 5.73 Å². The molecule has 0 aliphatic rings. The first-order valence-electron chi connectivity index (χ1n) is 5.46. The minimum absolute atomic E-state index is 0.314. The van der Waals surface area contributed by atoms with Gasteiger partial charge in [-0.2, -0.15) is 5.10 Å². The maximum Gasteiger partial charge on any atom is 0.152 e. The van der Waals surface area contributed by atoms with Gasteiger partial charge in [-0.1, -0.05) is 19.1 Å². The van der Waals surface area contributed by atoms with Crippen LogP contribution in [0.15, 0.2) is 24.3 Å². The third-order valence-corrected chi connectivity index (χ3v) is 2.62. The van der Waals surface area contributed by atoms with E-state index < -0.39 is 0 Å². The van der Waals surface area contributed by atoms with Gasteiger partial charge in [-0.15, -0.1) is 0 Å². The molecule has 0 unspecified atom stereocenters. The first-order chi connectivity index (χ1) is 8.13. The monoisotopic (exact) mass is 234 g/mol. The van der Waals surface area contributed by atoms with Crippen LogP contribution in [-0.2, 0) is 13.5 Å². The number of nitrogens with two attached hydrogens (primary N) is 1. The van der Waals surface area contributed by atoms with Crippen LogP contribution in [0.5, 0.6) is 0 Å². The van der Waals surface area contributed by atoms with E-state index >= 15 is 0 Å². The largest absolute Gasteiger partial charge is 0.394 e. The van der Waals surface area contributed by atoms with Gasteiger partial charge in [-0.3, -0.25) is 4.68 Å². The predicted molar refractivity (Wildman–Crippen MR) is 66.7 cm³/mol. The summed E-state index contributed by atoms with van der Waals surface area (Å²) in [5, 5.41) is 7.23. The molecule has 1 aromatic carbocycles. The lowest BCUT2D eigenvalue weighted by molar-refractivity contribution is 0.631. The summed E-state index contributed by atoms with van der Waals surface area (Å²) < 4.78 is 15.1. The number of nitrogens with one attached hydrogen (secondary N) is 1. The Kier molecular flexibility index (Phi) is 2.99. The maximum absolute atomic E-state index is 13.5. The highest BCUT2D eigenvalue weighted by molar-refractivity contribution is 5.71. The summed E-state index contributed by atoms with van der Waals surface area (Å²) in [6, 6.07) is 6.46. The van der Waals surface area contributed by atoms with E-state index in [-0.39, 0.29) is 5.82 Å². The number of hydrogen-bond donors (Lipinski definition) is 2. The number of halogens is 1. The Morgan fingerprint density at radius 3 is 2.71 bits per heavy atom. The molecule has 3 N–H and O–H groups in total. The second kappa shape index (κ2) is 4.45. The van der Waals surface area contributed by atoms with Crippen LogP contribution in [-0.4, -0.2) is 9.78 Å². The molecular formula is C12H15FN4. The predicted octanol–water partition coefficient (Wildman–Crippen LogP) is 2.45. The molecule has 1 heterocycles. The van der Waals surface area contributed by atoms with Crippen molar-refractivity contribution in [3.05, 3.63) is 35.8 Å². The van der Waals surface area contributed by atoms with Crippen LogP contribution in [0.25, 0.3) is 0 Å². The Morgan fingerprint density at radius 1 is 1.41 bits per heavy atom. The summed E-state index contributed by atoms with van der Waals surface area (Å²) in [5.74, 6) is 0.304. The van der Waals surface area contributed by atoms with Crippen molar-refractivity contribution >= 4 is 17.2 Å². The number of nitrogen functional groups attached to an aromatic ring is 1. The minimum Gasteiger partial charge on any atom is -0.394 e. The first kappa shape index (κ1) is 11.4. The molecule has 90 valence electrons. The van der Waals surface area contributed by atoms with Crippen LogP contribution >= 0.6 is 0 Å². The number of aromatic nitrogens is 2. The van der Waals surface area contributed by atoms with Crippen molar-refractivity contribution in [2.75, 3.05) is 11.1 Å². The van der Waals surface area contributed by atoms with Gasteiger partial charge in [0.15, 0.2) is 5.82 Å². The molecule has 0 radical (unpaired) electrons. The highest BCUT2D eigenvalue weighted by Gasteiger charge is 2.13. The number of para-hydroxylation sites is 1. The lowest BCUT2D eigenvalue weighted by Crippen LogP contribution is -2.02. The van der Waals surface area contributed by atoms with Crippen LogP contribution in [0.3, 0.4) is 0 Å². The molecule has 0 saturated heterocycles. The summed E-state index contributed by atoms with van der Waals surface area (Å²) in [6.45, 7) is 1.98. The summed E-state index contributed by atoms with van der Waals surface area (Å²) in [7, 11) is 1.78. The summed E-state index contributed by atoms with van der Waals surface area (Å²) in [5.41, 5.74) is 7.72. The van der Waals surface area contributed by atoms with Crippen molar-refractivity contribution in [1.82, 2.24) is 9.78 Å². The van der Waals surface area contributed by atoms with E-state index in [1.54, 1.807) is 29.9 Å². The average Bonchev–Trinajstić information content (AvgIpc) is 2.59. The molecule has 0 saturated carbocycles. The maximum atomic E-state index is 13.5. The second-order valence-corrected chi connectivity index (χ2v) is 3.79. The van der Waals surface area contributed by atoms with Crippen LogP contribution < -0.4 is 11.1 Å². The van der Waals surface area contributed by atoms with Crippen LogP contribution in [0, 0.1) is 5.82 Å². The average molecular weight is 234 g/mol. The van der Waals surface area contributed by atoms with Crippen molar-refractivity contribution in [3.8, 4) is 0 Å². The highest BCUT2D eigenvalue weighted by Crippen LogP contribution is 2.27. The number of anilines is 3. The molecule has 1 aromatic heterocycles.